The summed E-state index contributed by atoms with van der Waals surface area (Å²) in [6.45, 7) is 2.82. The van der Waals surface area contributed by atoms with Gasteiger partial charge in [0, 0.05) is 25.0 Å². The van der Waals surface area contributed by atoms with E-state index in [4.69, 9.17) is 4.74 Å². The van der Waals surface area contributed by atoms with Crippen LogP contribution in [0.25, 0.3) is 0 Å². The highest BCUT2D eigenvalue weighted by Crippen LogP contribution is 2.15. The van der Waals surface area contributed by atoms with Crippen molar-refractivity contribution in [3.05, 3.63) is 22.4 Å². The van der Waals surface area contributed by atoms with Crippen molar-refractivity contribution in [1.29, 1.82) is 0 Å². The molecule has 1 rings (SSSR count). The normalized spacial score (nSPS) is 15.4. The molecule has 1 N–H and O–H groups in total. The first-order valence-electron chi connectivity index (χ1n) is 4.91. The zero-order chi connectivity index (χ0) is 10.4. The maximum atomic E-state index is 9.77. The maximum absolute atomic E-state index is 9.77. The summed E-state index contributed by atoms with van der Waals surface area (Å²) < 4.78 is 5.03. The molecule has 0 bridgehead atoms. The van der Waals surface area contributed by atoms with Crippen molar-refractivity contribution in [3.8, 4) is 0 Å². The topological polar surface area (TPSA) is 29.5 Å². The van der Waals surface area contributed by atoms with E-state index in [1.807, 2.05) is 11.4 Å². The largest absolute Gasteiger partial charge is 0.393 e. The molecule has 2 unspecified atom stereocenters. The minimum absolute atomic E-state index is 0.237. The Bertz CT molecular complexity index is 233. The van der Waals surface area contributed by atoms with E-state index in [0.717, 1.165) is 19.4 Å². The van der Waals surface area contributed by atoms with Crippen LogP contribution in [0.5, 0.6) is 0 Å². The van der Waals surface area contributed by atoms with E-state index in [-0.39, 0.29) is 6.10 Å². The smallest absolute Gasteiger partial charge is 0.0591 e. The molecule has 14 heavy (non-hydrogen) atoms. The van der Waals surface area contributed by atoms with Gasteiger partial charge in [-0.2, -0.15) is 0 Å². The number of aliphatic hydroxyl groups excluding tert-OH is 1. The molecule has 2 nitrogen and oxygen atoms in total. The van der Waals surface area contributed by atoms with Gasteiger partial charge in [-0.3, -0.25) is 0 Å². The Hall–Kier alpha value is -0.380. The lowest BCUT2D eigenvalue weighted by Crippen LogP contribution is -2.16. The van der Waals surface area contributed by atoms with Gasteiger partial charge in [-0.1, -0.05) is 13.0 Å². The van der Waals surface area contributed by atoms with Gasteiger partial charge in [0.05, 0.1) is 6.10 Å². The molecular weight excluding hydrogens is 196 g/mol. The number of aliphatic hydroxyl groups is 1. The summed E-state index contributed by atoms with van der Waals surface area (Å²) in [5.74, 6) is 0.426. The van der Waals surface area contributed by atoms with Gasteiger partial charge < -0.3 is 9.84 Å². The molecule has 3 heteroatoms. The minimum Gasteiger partial charge on any atom is -0.393 e. The highest BCUT2D eigenvalue weighted by Gasteiger charge is 2.11. The molecule has 0 aromatic carbocycles. The predicted octanol–water partition coefficient (Wildman–Crippen LogP) is 2.32. The Morgan fingerprint density at radius 3 is 2.93 bits per heavy atom. The van der Waals surface area contributed by atoms with Crippen molar-refractivity contribution in [2.24, 2.45) is 5.92 Å². The maximum Gasteiger partial charge on any atom is 0.0591 e. The Morgan fingerprint density at radius 1 is 1.57 bits per heavy atom. The van der Waals surface area contributed by atoms with Gasteiger partial charge in [0.15, 0.2) is 0 Å². The van der Waals surface area contributed by atoms with E-state index < -0.39 is 0 Å². The Balaban J connectivity index is 2.25. The molecule has 80 valence electrons. The van der Waals surface area contributed by atoms with Crippen LogP contribution in [0.4, 0.5) is 0 Å². The molecule has 0 saturated carbocycles. The lowest BCUT2D eigenvalue weighted by molar-refractivity contribution is 0.102. The van der Waals surface area contributed by atoms with E-state index >= 15 is 0 Å². The first-order valence-corrected chi connectivity index (χ1v) is 5.79. The second-order valence-electron chi connectivity index (χ2n) is 3.73. The number of hydrogen-bond acceptors (Lipinski definition) is 3. The van der Waals surface area contributed by atoms with Crippen LogP contribution in [0.1, 0.15) is 18.2 Å². The summed E-state index contributed by atoms with van der Waals surface area (Å²) in [5.41, 5.74) is 0. The van der Waals surface area contributed by atoms with Gasteiger partial charge in [-0.25, -0.2) is 0 Å². The van der Waals surface area contributed by atoms with Gasteiger partial charge in [0.1, 0.15) is 0 Å². The SMILES string of the molecule is COCC(C)CC(O)Cc1cccs1. The van der Waals surface area contributed by atoms with E-state index in [1.54, 1.807) is 18.4 Å². The first kappa shape index (κ1) is 11.7. The molecule has 0 saturated heterocycles. The Morgan fingerprint density at radius 2 is 2.36 bits per heavy atom. The second kappa shape index (κ2) is 6.17. The summed E-state index contributed by atoms with van der Waals surface area (Å²) in [6, 6.07) is 4.08. The molecule has 0 spiro atoms. The van der Waals surface area contributed by atoms with Crippen LogP contribution in [-0.4, -0.2) is 24.9 Å². The molecule has 0 radical (unpaired) electrons. The Kier molecular flexibility index (Phi) is 5.15. The van der Waals surface area contributed by atoms with E-state index in [0.29, 0.717) is 5.92 Å². The van der Waals surface area contributed by atoms with E-state index in [1.165, 1.54) is 4.88 Å². The first-order chi connectivity index (χ1) is 6.72. The van der Waals surface area contributed by atoms with Gasteiger partial charge in [0.2, 0.25) is 0 Å². The molecule has 0 aliphatic heterocycles. The monoisotopic (exact) mass is 214 g/mol. The lowest BCUT2D eigenvalue weighted by atomic mass is 10.0. The summed E-state index contributed by atoms with van der Waals surface area (Å²) >= 11 is 1.70. The highest BCUT2D eigenvalue weighted by molar-refractivity contribution is 7.09. The molecule has 0 fully saturated rings. The van der Waals surface area contributed by atoms with Crippen LogP contribution in [0, 0.1) is 5.92 Å². The average molecular weight is 214 g/mol. The lowest BCUT2D eigenvalue weighted by Gasteiger charge is -2.14. The van der Waals surface area contributed by atoms with Gasteiger partial charge in [-0.15, -0.1) is 11.3 Å². The molecule has 1 aromatic rings. The van der Waals surface area contributed by atoms with Crippen molar-refractivity contribution < 1.29 is 9.84 Å². The highest BCUT2D eigenvalue weighted by atomic mass is 32.1. The third kappa shape index (κ3) is 4.22. The van der Waals surface area contributed by atoms with Crippen LogP contribution in [0.15, 0.2) is 17.5 Å². The van der Waals surface area contributed by atoms with Gasteiger partial charge in [-0.05, 0) is 23.8 Å². The van der Waals surface area contributed by atoms with Crippen molar-refractivity contribution in [1.82, 2.24) is 0 Å². The van der Waals surface area contributed by atoms with Crippen LogP contribution in [0.2, 0.25) is 0 Å². The number of thiophene rings is 1. The van der Waals surface area contributed by atoms with E-state index in [2.05, 4.69) is 13.0 Å². The van der Waals surface area contributed by atoms with Gasteiger partial charge in [0.25, 0.3) is 0 Å². The number of rotatable bonds is 6. The minimum atomic E-state index is -0.237. The van der Waals surface area contributed by atoms with Crippen LogP contribution >= 0.6 is 11.3 Å². The standard InChI is InChI=1S/C11H18O2S/c1-9(8-13-2)6-10(12)7-11-4-3-5-14-11/h3-5,9-10,12H,6-8H2,1-2H3. The summed E-state index contributed by atoms with van der Waals surface area (Å²) in [4.78, 5) is 1.25. The molecule has 0 aliphatic rings. The fourth-order valence-corrected chi connectivity index (χ4v) is 2.34. The van der Waals surface area contributed by atoms with Gasteiger partial charge >= 0.3 is 0 Å². The van der Waals surface area contributed by atoms with Crippen molar-refractivity contribution in [2.45, 2.75) is 25.9 Å². The van der Waals surface area contributed by atoms with Crippen LogP contribution in [-0.2, 0) is 11.2 Å². The molecular formula is C11H18O2S. The van der Waals surface area contributed by atoms with Crippen LogP contribution in [0.3, 0.4) is 0 Å². The zero-order valence-corrected chi connectivity index (χ0v) is 9.59. The zero-order valence-electron chi connectivity index (χ0n) is 8.77. The van der Waals surface area contributed by atoms with E-state index in [9.17, 15) is 5.11 Å². The number of methoxy groups -OCH3 is 1. The molecule has 1 aromatic heterocycles. The summed E-state index contributed by atoms with van der Waals surface area (Å²) in [7, 11) is 1.70. The molecule has 1 heterocycles. The molecule has 0 aliphatic carbocycles. The molecule has 0 amide bonds. The van der Waals surface area contributed by atoms with Crippen molar-refractivity contribution in [2.75, 3.05) is 13.7 Å². The fourth-order valence-electron chi connectivity index (χ4n) is 1.56. The third-order valence-corrected chi connectivity index (χ3v) is 3.04. The Labute approximate surface area is 89.5 Å². The third-order valence-electron chi connectivity index (χ3n) is 2.14. The van der Waals surface area contributed by atoms with Crippen LogP contribution < -0.4 is 0 Å². The number of hydrogen-bond donors (Lipinski definition) is 1. The van der Waals surface area contributed by atoms with Crippen molar-refractivity contribution in [3.63, 3.8) is 0 Å². The molecule has 2 atom stereocenters. The average Bonchev–Trinajstić information content (AvgIpc) is 2.56. The number of ether oxygens (including phenoxy) is 1. The van der Waals surface area contributed by atoms with Crippen molar-refractivity contribution >= 4 is 11.3 Å². The quantitative estimate of drug-likeness (QED) is 0.787. The fraction of sp³-hybridized carbons (Fsp3) is 0.636. The summed E-state index contributed by atoms with van der Waals surface area (Å²) in [5, 5.41) is 11.8. The predicted molar refractivity (Wildman–Crippen MR) is 59.7 cm³/mol. The second-order valence-corrected chi connectivity index (χ2v) is 4.77. The summed E-state index contributed by atoms with van der Waals surface area (Å²) in [6.07, 6.45) is 1.34.